The second kappa shape index (κ2) is 6.35. The molecule has 3 fully saturated rings. The zero-order valence-electron chi connectivity index (χ0n) is 14.5. The van der Waals surface area contributed by atoms with Crippen molar-refractivity contribution in [3.05, 3.63) is 0 Å². The van der Waals surface area contributed by atoms with Crippen molar-refractivity contribution in [2.45, 2.75) is 51.5 Å². The molecule has 24 heavy (non-hydrogen) atoms. The van der Waals surface area contributed by atoms with E-state index in [4.69, 9.17) is 4.74 Å². The van der Waals surface area contributed by atoms with E-state index in [2.05, 4.69) is 17.6 Å². The van der Waals surface area contributed by atoms with Gasteiger partial charge in [-0.1, -0.05) is 20.3 Å². The molecule has 0 unspecified atom stereocenters. The Balaban J connectivity index is 1.55. The lowest BCUT2D eigenvalue weighted by Gasteiger charge is -2.38. The van der Waals surface area contributed by atoms with Crippen LogP contribution in [0.25, 0.3) is 0 Å². The van der Waals surface area contributed by atoms with Crippen molar-refractivity contribution in [1.29, 1.82) is 0 Å². The molecule has 1 saturated carbocycles. The summed E-state index contributed by atoms with van der Waals surface area (Å²) in [5, 5.41) is 5.66. The van der Waals surface area contributed by atoms with Crippen LogP contribution in [0.15, 0.2) is 0 Å². The summed E-state index contributed by atoms with van der Waals surface area (Å²) in [4.78, 5) is 38.1. The molecular weight excluding hydrogens is 310 g/mol. The van der Waals surface area contributed by atoms with Crippen LogP contribution >= 0.6 is 0 Å². The molecule has 2 N–H and O–H groups in total. The zero-order chi connectivity index (χ0) is 17.4. The van der Waals surface area contributed by atoms with Gasteiger partial charge in [-0.25, -0.2) is 4.79 Å². The molecule has 0 aromatic rings. The summed E-state index contributed by atoms with van der Waals surface area (Å²) >= 11 is 0. The number of amides is 4. The Morgan fingerprint density at radius 3 is 2.54 bits per heavy atom. The van der Waals surface area contributed by atoms with Crippen LogP contribution in [0.2, 0.25) is 0 Å². The lowest BCUT2D eigenvalue weighted by Crippen LogP contribution is -2.51. The molecule has 2 aliphatic heterocycles. The van der Waals surface area contributed by atoms with Crippen LogP contribution in [0.4, 0.5) is 4.79 Å². The monoisotopic (exact) mass is 337 g/mol. The van der Waals surface area contributed by atoms with E-state index in [9.17, 15) is 14.4 Å². The molecule has 1 spiro atoms. The highest BCUT2D eigenvalue weighted by Gasteiger charge is 2.52. The van der Waals surface area contributed by atoms with Crippen molar-refractivity contribution in [2.24, 2.45) is 11.3 Å². The summed E-state index contributed by atoms with van der Waals surface area (Å²) in [5.41, 5.74) is -0.816. The van der Waals surface area contributed by atoms with Crippen molar-refractivity contribution in [1.82, 2.24) is 15.5 Å². The molecule has 2 heterocycles. The molecule has 3 rings (SSSR count). The van der Waals surface area contributed by atoms with E-state index in [1.165, 1.54) is 0 Å². The van der Waals surface area contributed by atoms with E-state index in [0.717, 1.165) is 24.2 Å². The standard InChI is InChI=1S/C17H27N3O4/c1-3-12-4-6-17(7-5-12)14(22)20(15(23)19-17)8-13(21)18-9-16(2)10-24-11-16/h12H,3-11H2,1-2H3,(H,18,21)(H,19,23). The van der Waals surface area contributed by atoms with E-state index >= 15 is 0 Å². The molecule has 0 bridgehead atoms. The average Bonchev–Trinajstić information content (AvgIpc) is 2.76. The van der Waals surface area contributed by atoms with Crippen LogP contribution in [0.5, 0.6) is 0 Å². The third kappa shape index (κ3) is 3.14. The summed E-state index contributed by atoms with van der Waals surface area (Å²) in [6.07, 6.45) is 4.34. The Bertz CT molecular complexity index is 536. The van der Waals surface area contributed by atoms with Crippen molar-refractivity contribution in [2.75, 3.05) is 26.3 Å². The number of imide groups is 1. The second-order valence-electron chi connectivity index (χ2n) is 7.84. The average molecular weight is 337 g/mol. The fourth-order valence-electron chi connectivity index (χ4n) is 3.80. The van der Waals surface area contributed by atoms with E-state index < -0.39 is 11.6 Å². The molecule has 0 aromatic heterocycles. The number of ether oxygens (including phenoxy) is 1. The van der Waals surface area contributed by atoms with Gasteiger partial charge < -0.3 is 15.4 Å². The molecule has 134 valence electrons. The van der Waals surface area contributed by atoms with Crippen LogP contribution in [0, 0.1) is 11.3 Å². The predicted octanol–water partition coefficient (Wildman–Crippen LogP) is 1.03. The zero-order valence-corrected chi connectivity index (χ0v) is 14.5. The first-order valence-electron chi connectivity index (χ1n) is 8.86. The first-order valence-corrected chi connectivity index (χ1v) is 8.86. The maximum Gasteiger partial charge on any atom is 0.325 e. The van der Waals surface area contributed by atoms with E-state index in [0.29, 0.717) is 38.5 Å². The summed E-state index contributed by atoms with van der Waals surface area (Å²) in [7, 11) is 0. The normalized spacial score (nSPS) is 31.8. The van der Waals surface area contributed by atoms with Crippen molar-refractivity contribution < 1.29 is 19.1 Å². The van der Waals surface area contributed by atoms with Crippen LogP contribution in [0.1, 0.15) is 46.0 Å². The highest BCUT2D eigenvalue weighted by atomic mass is 16.5. The lowest BCUT2D eigenvalue weighted by atomic mass is 9.75. The fraction of sp³-hybridized carbons (Fsp3) is 0.824. The molecule has 7 nitrogen and oxygen atoms in total. The molecule has 4 amide bonds. The summed E-state index contributed by atoms with van der Waals surface area (Å²) < 4.78 is 5.15. The van der Waals surface area contributed by atoms with Crippen LogP contribution < -0.4 is 10.6 Å². The smallest absolute Gasteiger partial charge is 0.325 e. The number of carbonyl (C=O) groups excluding carboxylic acids is 3. The van der Waals surface area contributed by atoms with Crippen LogP contribution in [0.3, 0.4) is 0 Å². The number of rotatable bonds is 5. The van der Waals surface area contributed by atoms with Crippen LogP contribution in [-0.2, 0) is 14.3 Å². The number of carbonyl (C=O) groups is 3. The molecule has 0 aromatic carbocycles. The highest BCUT2D eigenvalue weighted by Crippen LogP contribution is 2.37. The van der Waals surface area contributed by atoms with E-state index in [1.807, 2.05) is 6.92 Å². The van der Waals surface area contributed by atoms with Gasteiger partial charge in [0.1, 0.15) is 12.1 Å². The Labute approximate surface area is 142 Å². The Kier molecular flexibility index (Phi) is 4.55. The van der Waals surface area contributed by atoms with Crippen molar-refractivity contribution in [3.8, 4) is 0 Å². The van der Waals surface area contributed by atoms with Gasteiger partial charge in [0.25, 0.3) is 5.91 Å². The van der Waals surface area contributed by atoms with Gasteiger partial charge in [0, 0.05) is 12.0 Å². The molecule has 1 aliphatic carbocycles. The minimum atomic E-state index is -0.781. The van der Waals surface area contributed by atoms with Gasteiger partial charge in [0.15, 0.2) is 0 Å². The lowest BCUT2D eigenvalue weighted by molar-refractivity contribution is -0.137. The fourth-order valence-corrected chi connectivity index (χ4v) is 3.80. The molecule has 0 radical (unpaired) electrons. The minimum absolute atomic E-state index is 0.0350. The number of hydrogen-bond acceptors (Lipinski definition) is 4. The largest absolute Gasteiger partial charge is 0.380 e. The third-order valence-electron chi connectivity index (χ3n) is 5.70. The number of nitrogens with zero attached hydrogens (tertiary/aromatic N) is 1. The van der Waals surface area contributed by atoms with Crippen LogP contribution in [-0.4, -0.2) is 54.6 Å². The topological polar surface area (TPSA) is 87.7 Å². The quantitative estimate of drug-likeness (QED) is 0.734. The van der Waals surface area contributed by atoms with Crippen molar-refractivity contribution in [3.63, 3.8) is 0 Å². The number of urea groups is 1. The maximum atomic E-state index is 12.7. The molecule has 7 heteroatoms. The van der Waals surface area contributed by atoms with E-state index in [1.54, 1.807) is 0 Å². The van der Waals surface area contributed by atoms with Gasteiger partial charge in [-0.2, -0.15) is 0 Å². The Hall–Kier alpha value is -1.63. The summed E-state index contributed by atoms with van der Waals surface area (Å²) in [6.45, 7) is 5.73. The highest BCUT2D eigenvalue weighted by molar-refractivity contribution is 6.09. The van der Waals surface area contributed by atoms with E-state index in [-0.39, 0.29) is 23.8 Å². The van der Waals surface area contributed by atoms with Gasteiger partial charge in [0.2, 0.25) is 5.91 Å². The Morgan fingerprint density at radius 1 is 1.33 bits per heavy atom. The molecular formula is C17H27N3O4. The maximum absolute atomic E-state index is 12.7. The number of hydrogen-bond donors (Lipinski definition) is 2. The van der Waals surface area contributed by atoms with Gasteiger partial charge in [0.05, 0.1) is 13.2 Å². The first kappa shape index (κ1) is 17.2. The second-order valence-corrected chi connectivity index (χ2v) is 7.84. The van der Waals surface area contributed by atoms with Gasteiger partial charge in [-0.05, 0) is 31.6 Å². The van der Waals surface area contributed by atoms with Gasteiger partial charge in [-0.3, -0.25) is 14.5 Å². The van der Waals surface area contributed by atoms with Gasteiger partial charge >= 0.3 is 6.03 Å². The minimum Gasteiger partial charge on any atom is -0.380 e. The third-order valence-corrected chi connectivity index (χ3v) is 5.70. The molecule has 2 saturated heterocycles. The summed E-state index contributed by atoms with van der Waals surface area (Å²) in [5.74, 6) is 0.0874. The predicted molar refractivity (Wildman–Crippen MR) is 87.2 cm³/mol. The Morgan fingerprint density at radius 2 is 2.00 bits per heavy atom. The SMILES string of the molecule is CCC1CCC2(CC1)NC(=O)N(CC(=O)NCC1(C)COC1)C2=O. The van der Waals surface area contributed by atoms with Crippen molar-refractivity contribution >= 4 is 17.8 Å². The molecule has 0 atom stereocenters. The number of nitrogens with one attached hydrogen (secondary N) is 2. The first-order chi connectivity index (χ1) is 11.4. The summed E-state index contributed by atoms with van der Waals surface area (Å²) in [6, 6.07) is -0.441. The van der Waals surface area contributed by atoms with Gasteiger partial charge in [-0.15, -0.1) is 0 Å². The molecule has 3 aliphatic rings.